The molecular formula is C12H13F3N2O3. The molecule has 1 aliphatic heterocycles. The summed E-state index contributed by atoms with van der Waals surface area (Å²) in [7, 11) is 1.23. The van der Waals surface area contributed by atoms with Crippen molar-refractivity contribution in [3.05, 3.63) is 23.9 Å². The summed E-state index contributed by atoms with van der Waals surface area (Å²) in [6.45, 7) is 0.695. The van der Waals surface area contributed by atoms with Crippen LogP contribution in [0.4, 0.5) is 19.0 Å². The van der Waals surface area contributed by atoms with Gasteiger partial charge in [0, 0.05) is 6.54 Å². The number of esters is 1. The van der Waals surface area contributed by atoms with Crippen LogP contribution in [0.1, 0.15) is 5.69 Å². The molecule has 0 bridgehead atoms. The molecule has 0 aromatic carbocycles. The zero-order valence-electron chi connectivity index (χ0n) is 10.7. The van der Waals surface area contributed by atoms with Gasteiger partial charge in [0.05, 0.1) is 20.3 Å². The fraction of sp³-hybridized carbons (Fsp3) is 0.500. The Labute approximate surface area is 113 Å². The molecule has 0 spiro atoms. The molecule has 1 saturated heterocycles. The van der Waals surface area contributed by atoms with Crippen molar-refractivity contribution in [1.29, 1.82) is 0 Å². The number of nitrogens with zero attached hydrogens (tertiary/aromatic N) is 2. The summed E-state index contributed by atoms with van der Waals surface area (Å²) in [6, 6.07) is 3.66. The molecule has 2 rings (SSSR count). The Balaban J connectivity index is 2.17. The van der Waals surface area contributed by atoms with Crippen molar-refractivity contribution in [2.45, 2.75) is 12.3 Å². The molecule has 2 heterocycles. The van der Waals surface area contributed by atoms with Crippen molar-refractivity contribution in [3.8, 4) is 0 Å². The Hall–Kier alpha value is -1.83. The van der Waals surface area contributed by atoms with E-state index in [0.717, 1.165) is 6.07 Å². The van der Waals surface area contributed by atoms with Crippen LogP contribution in [0.3, 0.4) is 0 Å². The van der Waals surface area contributed by atoms with E-state index < -0.39 is 23.9 Å². The number of hydrogen-bond acceptors (Lipinski definition) is 5. The zero-order chi connectivity index (χ0) is 14.8. The molecule has 0 amide bonds. The largest absolute Gasteiger partial charge is 0.467 e. The lowest BCUT2D eigenvalue weighted by molar-refractivity contribution is -0.154. The first-order valence-electron chi connectivity index (χ1n) is 5.90. The molecule has 0 saturated carbocycles. The van der Waals surface area contributed by atoms with Crippen LogP contribution in [0.5, 0.6) is 0 Å². The molecule has 1 fully saturated rings. The lowest BCUT2D eigenvalue weighted by atomic mass is 10.2. The number of aromatic nitrogens is 1. The van der Waals surface area contributed by atoms with Gasteiger partial charge in [0.15, 0.2) is 6.10 Å². The van der Waals surface area contributed by atoms with Gasteiger partial charge in [-0.1, -0.05) is 6.07 Å². The van der Waals surface area contributed by atoms with Gasteiger partial charge in [0.1, 0.15) is 11.5 Å². The number of ether oxygens (including phenoxy) is 2. The minimum absolute atomic E-state index is 0.112. The van der Waals surface area contributed by atoms with Gasteiger partial charge in [-0.15, -0.1) is 0 Å². The number of alkyl halides is 3. The third kappa shape index (κ3) is 3.19. The summed E-state index contributed by atoms with van der Waals surface area (Å²) in [6.07, 6.45) is -5.31. The molecule has 1 atom stereocenters. The molecule has 0 aliphatic carbocycles. The van der Waals surface area contributed by atoms with E-state index in [0.29, 0.717) is 6.54 Å². The second-order valence-corrected chi connectivity index (χ2v) is 4.21. The Kier molecular flexibility index (Phi) is 4.12. The fourth-order valence-electron chi connectivity index (χ4n) is 1.89. The molecule has 0 unspecified atom stereocenters. The number of carbonyl (C=O) groups is 1. The summed E-state index contributed by atoms with van der Waals surface area (Å²) in [5.74, 6) is -0.390. The van der Waals surface area contributed by atoms with Crippen LogP contribution in [0.25, 0.3) is 0 Å². The van der Waals surface area contributed by atoms with E-state index in [1.807, 2.05) is 0 Å². The highest BCUT2D eigenvalue weighted by Crippen LogP contribution is 2.29. The maximum atomic E-state index is 12.6. The Morgan fingerprint density at radius 2 is 2.25 bits per heavy atom. The summed E-state index contributed by atoms with van der Waals surface area (Å²) < 4.78 is 47.6. The van der Waals surface area contributed by atoms with E-state index in [4.69, 9.17) is 4.74 Å². The monoisotopic (exact) mass is 290 g/mol. The first-order chi connectivity index (χ1) is 9.41. The van der Waals surface area contributed by atoms with Crippen LogP contribution in [0, 0.1) is 0 Å². The van der Waals surface area contributed by atoms with Gasteiger partial charge in [0.25, 0.3) is 0 Å². The summed E-state index contributed by atoms with van der Waals surface area (Å²) in [4.78, 5) is 16.5. The maximum absolute atomic E-state index is 12.6. The lowest BCUT2D eigenvalue weighted by Crippen LogP contribution is -2.47. The number of carbonyl (C=O) groups excluding carboxylic acids is 1. The molecule has 20 heavy (non-hydrogen) atoms. The topological polar surface area (TPSA) is 51.7 Å². The third-order valence-corrected chi connectivity index (χ3v) is 2.88. The molecular weight excluding hydrogens is 277 g/mol. The van der Waals surface area contributed by atoms with Crippen molar-refractivity contribution >= 4 is 11.8 Å². The second-order valence-electron chi connectivity index (χ2n) is 4.21. The smallest absolute Gasteiger partial charge is 0.433 e. The van der Waals surface area contributed by atoms with E-state index in [-0.39, 0.29) is 19.0 Å². The maximum Gasteiger partial charge on any atom is 0.433 e. The minimum atomic E-state index is -4.50. The van der Waals surface area contributed by atoms with Gasteiger partial charge in [-0.05, 0) is 12.1 Å². The zero-order valence-corrected chi connectivity index (χ0v) is 10.7. The Bertz CT molecular complexity index is 493. The quantitative estimate of drug-likeness (QED) is 0.772. The second kappa shape index (κ2) is 5.66. The number of rotatable bonds is 2. The SMILES string of the molecule is COC(=O)[C@@H]1CN(c2cccc(C(F)(F)F)n2)CCO1. The van der Waals surface area contributed by atoms with Crippen LogP contribution >= 0.6 is 0 Å². The predicted octanol–water partition coefficient (Wildman–Crippen LogP) is 1.48. The highest BCUT2D eigenvalue weighted by molar-refractivity contribution is 5.75. The van der Waals surface area contributed by atoms with E-state index in [2.05, 4.69) is 9.72 Å². The highest BCUT2D eigenvalue weighted by Gasteiger charge is 2.34. The van der Waals surface area contributed by atoms with Crippen molar-refractivity contribution in [1.82, 2.24) is 4.98 Å². The van der Waals surface area contributed by atoms with Crippen LogP contribution in [-0.4, -0.2) is 43.9 Å². The molecule has 1 aliphatic rings. The van der Waals surface area contributed by atoms with Crippen molar-refractivity contribution < 1.29 is 27.4 Å². The summed E-state index contributed by atoms with van der Waals surface area (Å²) in [5.41, 5.74) is -0.962. The number of halogens is 3. The summed E-state index contributed by atoms with van der Waals surface area (Å²) in [5, 5.41) is 0. The summed E-state index contributed by atoms with van der Waals surface area (Å²) >= 11 is 0. The van der Waals surface area contributed by atoms with Crippen LogP contribution in [0.2, 0.25) is 0 Å². The predicted molar refractivity (Wildman–Crippen MR) is 63.2 cm³/mol. The first-order valence-corrected chi connectivity index (χ1v) is 5.90. The number of pyridine rings is 1. The average molecular weight is 290 g/mol. The number of hydrogen-bond donors (Lipinski definition) is 0. The van der Waals surface area contributed by atoms with E-state index in [1.54, 1.807) is 4.90 Å². The molecule has 1 aromatic rings. The van der Waals surface area contributed by atoms with Crippen molar-refractivity contribution in [2.24, 2.45) is 0 Å². The molecule has 5 nitrogen and oxygen atoms in total. The number of anilines is 1. The fourth-order valence-corrected chi connectivity index (χ4v) is 1.89. The van der Waals surface area contributed by atoms with Gasteiger partial charge in [0.2, 0.25) is 0 Å². The molecule has 0 radical (unpaired) electrons. The van der Waals surface area contributed by atoms with Gasteiger partial charge in [-0.25, -0.2) is 9.78 Å². The highest BCUT2D eigenvalue weighted by atomic mass is 19.4. The average Bonchev–Trinajstić information content (AvgIpc) is 2.46. The molecule has 0 N–H and O–H groups in total. The van der Waals surface area contributed by atoms with Gasteiger partial charge in [-0.3, -0.25) is 0 Å². The number of methoxy groups -OCH3 is 1. The normalized spacial score (nSPS) is 19.8. The molecule has 1 aromatic heterocycles. The van der Waals surface area contributed by atoms with Gasteiger partial charge >= 0.3 is 12.1 Å². The van der Waals surface area contributed by atoms with Gasteiger partial charge in [-0.2, -0.15) is 13.2 Å². The molecule has 110 valence electrons. The van der Waals surface area contributed by atoms with Crippen molar-refractivity contribution in [3.63, 3.8) is 0 Å². The van der Waals surface area contributed by atoms with Gasteiger partial charge < -0.3 is 14.4 Å². The van der Waals surface area contributed by atoms with Crippen LogP contribution in [-0.2, 0) is 20.4 Å². The molecule has 8 heteroatoms. The third-order valence-electron chi connectivity index (χ3n) is 2.88. The Morgan fingerprint density at radius 3 is 2.90 bits per heavy atom. The lowest BCUT2D eigenvalue weighted by Gasteiger charge is -2.32. The van der Waals surface area contributed by atoms with Crippen molar-refractivity contribution in [2.75, 3.05) is 31.7 Å². The van der Waals surface area contributed by atoms with Crippen LogP contribution < -0.4 is 4.90 Å². The Morgan fingerprint density at radius 1 is 1.50 bits per heavy atom. The first kappa shape index (κ1) is 14.6. The van der Waals surface area contributed by atoms with E-state index in [9.17, 15) is 18.0 Å². The van der Waals surface area contributed by atoms with E-state index in [1.165, 1.54) is 19.2 Å². The minimum Gasteiger partial charge on any atom is -0.467 e. The van der Waals surface area contributed by atoms with Crippen LogP contribution in [0.15, 0.2) is 18.2 Å². The number of morpholine rings is 1. The standard InChI is InChI=1S/C12H13F3N2O3/c1-19-11(18)8-7-17(5-6-20-8)10-4-2-3-9(16-10)12(13,14)15/h2-4,8H,5-7H2,1H3/t8-/m0/s1. The van der Waals surface area contributed by atoms with E-state index >= 15 is 0 Å².